The van der Waals surface area contributed by atoms with Crippen molar-refractivity contribution >= 4 is 70.8 Å². The second kappa shape index (κ2) is 40.3. The van der Waals surface area contributed by atoms with Crippen LogP contribution in [0.1, 0.15) is 61.6 Å². The number of carbonyl (C=O) groups excluding carboxylic acids is 6. The fourth-order valence-electron chi connectivity index (χ4n) is 9.89. The van der Waals surface area contributed by atoms with Gasteiger partial charge in [-0.05, 0) is 66.6 Å². The van der Waals surface area contributed by atoms with Crippen LogP contribution in [0, 0.1) is 0 Å². The minimum Gasteiger partial charge on any atom is -0.508 e. The summed E-state index contributed by atoms with van der Waals surface area (Å²) in [6.07, 6.45) is 1.72. The topological polar surface area (TPSA) is 464 Å². The molecule has 32 nitrogen and oxygen atoms in total. The number of hydrogen-bond donors (Lipinski definition) is 15. The number of carbonyl (C=O) groups is 9. The van der Waals surface area contributed by atoms with Crippen molar-refractivity contribution < 1.29 is 68.3 Å². The van der Waals surface area contributed by atoms with Gasteiger partial charge < -0.3 is 79.2 Å². The standard InChI is InChI=1S/C62H88N16O16/c1-2-48(80)65-21-24-70-62(93)74-61(64)69-20-9-14-46(58(90)71-36-41-15-17-44(79)18-16-41)73-60(92)53(42-10-4-3-5-11-42)43-12-8-13-45(34-43)94-33-7-6-19-66-54-55(57(89)56(54)88)67-22-23-68-59(91)47(35-63)72-49(81)37-75-25-27-76(38-50(82)83)29-31-78(40-52(86)87)32-30-77(28-26-75)39-51(84)85/h3-5,8,10-13,15-18,34,46-47,53,66-67,79H,2,6-7,9,14,19-33,35-40,63H2,1H3,(H,65,80)(H,68,91)(H,71,90)(H,72,81)(H,73,92)(H,82,83)(H,84,85)(H,86,87)(H4,64,69,70,74,93)/t46-,47-,53?/m1/s1. The second-order valence-corrected chi connectivity index (χ2v) is 22.1. The third kappa shape index (κ3) is 27.2. The molecular formula is C62H88N16O16. The van der Waals surface area contributed by atoms with Crippen molar-refractivity contribution in [3.8, 4) is 11.5 Å². The van der Waals surface area contributed by atoms with Crippen LogP contribution in [0.3, 0.4) is 0 Å². The molecule has 0 saturated carbocycles. The monoisotopic (exact) mass is 1310 g/mol. The number of aromatic hydroxyl groups is 1. The zero-order valence-corrected chi connectivity index (χ0v) is 52.7. The molecule has 0 aromatic heterocycles. The number of nitrogens with zero attached hydrogens (tertiary/aromatic N) is 5. The maximum absolute atomic E-state index is 14.5. The highest BCUT2D eigenvalue weighted by atomic mass is 16.5. The van der Waals surface area contributed by atoms with Crippen LogP contribution in [0.2, 0.25) is 0 Å². The van der Waals surface area contributed by atoms with Crippen molar-refractivity contribution in [2.75, 3.05) is 142 Å². The molecule has 3 atom stereocenters. The van der Waals surface area contributed by atoms with Crippen LogP contribution in [-0.4, -0.2) is 243 Å². The van der Waals surface area contributed by atoms with E-state index in [0.717, 1.165) is 0 Å². The highest BCUT2D eigenvalue weighted by molar-refractivity contribution is 5.95. The summed E-state index contributed by atoms with van der Waals surface area (Å²) in [5, 5.41) is 62.8. The number of nitrogens with one attached hydrogen (secondary N) is 9. The Morgan fingerprint density at radius 1 is 0.574 bits per heavy atom. The second-order valence-electron chi connectivity index (χ2n) is 22.1. The Hall–Kier alpha value is -9.76. The van der Waals surface area contributed by atoms with Gasteiger partial charge in [0.15, 0.2) is 5.96 Å². The number of aliphatic imine (C=N–C) groups is 1. The molecule has 1 aliphatic heterocycles. The predicted octanol–water partition coefficient (Wildman–Crippen LogP) is -2.44. The van der Waals surface area contributed by atoms with Crippen molar-refractivity contribution in [2.45, 2.75) is 63.6 Å². The molecule has 7 amide bonds. The fourth-order valence-corrected chi connectivity index (χ4v) is 9.89. The number of guanidine groups is 1. The summed E-state index contributed by atoms with van der Waals surface area (Å²) >= 11 is 0. The number of carboxylic acids is 3. The molecule has 1 unspecified atom stereocenters. The molecule has 0 spiro atoms. The first-order chi connectivity index (χ1) is 45.1. The van der Waals surface area contributed by atoms with Gasteiger partial charge in [-0.25, -0.2) is 4.79 Å². The van der Waals surface area contributed by atoms with Crippen molar-refractivity contribution in [1.82, 2.24) is 56.8 Å². The smallest absolute Gasteiger partial charge is 0.321 e. The molecule has 32 heteroatoms. The molecule has 0 aliphatic carbocycles. The lowest BCUT2D eigenvalue weighted by Crippen LogP contribution is -2.54. The van der Waals surface area contributed by atoms with E-state index in [1.807, 2.05) is 6.07 Å². The van der Waals surface area contributed by atoms with Gasteiger partial charge in [-0.15, -0.1) is 0 Å². The van der Waals surface area contributed by atoms with Crippen molar-refractivity contribution in [3.05, 3.63) is 116 Å². The van der Waals surface area contributed by atoms with Crippen molar-refractivity contribution in [1.29, 1.82) is 0 Å². The number of carboxylic acid groups (broad SMARTS) is 3. The third-order valence-corrected chi connectivity index (χ3v) is 14.9. The van der Waals surface area contributed by atoms with Crippen LogP contribution >= 0.6 is 0 Å². The first-order valence-electron chi connectivity index (χ1n) is 31.0. The minimum atomic E-state index is -1.17. The summed E-state index contributed by atoms with van der Waals surface area (Å²) in [7, 11) is 0. The summed E-state index contributed by atoms with van der Waals surface area (Å²) in [4.78, 5) is 150. The lowest BCUT2D eigenvalue weighted by atomic mass is 9.90. The summed E-state index contributed by atoms with van der Waals surface area (Å²) < 4.78 is 6.12. The molecular weight excluding hydrogens is 1220 g/mol. The van der Waals surface area contributed by atoms with Crippen molar-refractivity contribution in [2.24, 2.45) is 16.5 Å². The van der Waals surface area contributed by atoms with E-state index >= 15 is 0 Å². The molecule has 17 N–H and O–H groups in total. The number of amides is 7. The van der Waals surface area contributed by atoms with Crippen LogP contribution in [0.4, 0.5) is 16.2 Å². The number of phenolic OH excluding ortho intramolecular Hbond substituents is 1. The van der Waals surface area contributed by atoms with E-state index in [2.05, 4.69) is 52.8 Å². The molecule has 0 radical (unpaired) electrons. The van der Waals surface area contributed by atoms with Crippen LogP contribution in [0.25, 0.3) is 0 Å². The molecule has 4 aromatic rings. The average molecular weight is 1310 g/mol. The molecule has 1 aliphatic rings. The summed E-state index contributed by atoms with van der Waals surface area (Å²) in [5.74, 6) is -6.16. The number of aliphatic carboxylic acids is 3. The maximum Gasteiger partial charge on any atom is 0.321 e. The first kappa shape index (κ1) is 75.0. The molecule has 0 bridgehead atoms. The molecule has 1 fully saturated rings. The van der Waals surface area contributed by atoms with Crippen LogP contribution in [0.5, 0.6) is 11.5 Å². The number of nitrogens with two attached hydrogens (primary N) is 2. The Morgan fingerprint density at radius 3 is 1.69 bits per heavy atom. The van der Waals surface area contributed by atoms with Gasteiger partial charge in [0, 0.05) is 111 Å². The quantitative estimate of drug-likeness (QED) is 0.00965. The minimum absolute atomic E-state index is 0.0222. The number of benzene rings is 3. The van der Waals surface area contributed by atoms with E-state index in [0.29, 0.717) is 48.2 Å². The van der Waals surface area contributed by atoms with E-state index in [-0.39, 0.29) is 173 Å². The van der Waals surface area contributed by atoms with E-state index in [4.69, 9.17) is 16.2 Å². The number of hydrogen-bond acceptors (Lipinski definition) is 21. The summed E-state index contributed by atoms with van der Waals surface area (Å²) in [5.41, 5.74) is 12.4. The summed E-state index contributed by atoms with van der Waals surface area (Å²) in [6, 6.07) is 19.4. The van der Waals surface area contributed by atoms with E-state index in [1.54, 1.807) is 87.2 Å². The highest BCUT2D eigenvalue weighted by Gasteiger charge is 2.30. The first-order valence-corrected chi connectivity index (χ1v) is 31.0. The number of unbranched alkanes of at least 4 members (excludes halogenated alkanes) is 1. The fraction of sp³-hybridized carbons (Fsp3) is 0.484. The van der Waals surface area contributed by atoms with Crippen LogP contribution in [-0.2, 0) is 44.9 Å². The Balaban J connectivity index is 1.10. The number of phenols is 1. The number of rotatable bonds is 37. The third-order valence-electron chi connectivity index (χ3n) is 14.9. The molecule has 512 valence electrons. The highest BCUT2D eigenvalue weighted by Crippen LogP contribution is 2.28. The van der Waals surface area contributed by atoms with E-state index in [9.17, 15) is 73.2 Å². The Kier molecular flexibility index (Phi) is 32.1. The van der Waals surface area contributed by atoms with Gasteiger partial charge in [-0.2, -0.15) is 0 Å². The van der Waals surface area contributed by atoms with Gasteiger partial charge in [-0.1, -0.05) is 61.5 Å². The SMILES string of the molecule is CCC(=O)NCCNC(=O)NC(N)=NCCC[C@@H](NC(=O)C(c1ccccc1)c1cccc(OCCCCNc2c(NCCNC(=O)[C@@H](CN)NC(=O)CN3CCN(CC(=O)O)CCN(CC(=O)O)CCN(CC(=O)O)CC3)c(=O)c2=O)c1)C(=O)NCc1ccc(O)cc1. The van der Waals surface area contributed by atoms with Gasteiger partial charge in [0.05, 0.1) is 38.7 Å². The Bertz CT molecular complexity index is 3210. The number of urea groups is 1. The van der Waals surface area contributed by atoms with Gasteiger partial charge in [-0.3, -0.25) is 77.9 Å². The predicted molar refractivity (Wildman–Crippen MR) is 348 cm³/mol. The van der Waals surface area contributed by atoms with E-state index < -0.39 is 76.4 Å². The normalized spacial score (nSPS) is 14.7. The zero-order valence-electron chi connectivity index (χ0n) is 52.7. The number of ether oxygens (including phenoxy) is 1. The number of anilines is 2. The zero-order chi connectivity index (χ0) is 68.4. The average Bonchev–Trinajstić information content (AvgIpc) is 0.792. The lowest BCUT2D eigenvalue weighted by Gasteiger charge is -2.33. The molecule has 94 heavy (non-hydrogen) atoms. The largest absolute Gasteiger partial charge is 0.508 e. The van der Waals surface area contributed by atoms with Gasteiger partial charge in [0.2, 0.25) is 29.5 Å². The van der Waals surface area contributed by atoms with Crippen LogP contribution in [0.15, 0.2) is 93.4 Å². The maximum atomic E-state index is 14.5. The molecule has 1 saturated heterocycles. The van der Waals surface area contributed by atoms with Crippen molar-refractivity contribution in [3.63, 3.8) is 0 Å². The Labute approximate surface area is 543 Å². The van der Waals surface area contributed by atoms with Gasteiger partial charge in [0.25, 0.3) is 10.9 Å². The molecule has 5 rings (SSSR count). The van der Waals surface area contributed by atoms with Gasteiger partial charge in [0.1, 0.15) is 35.0 Å². The van der Waals surface area contributed by atoms with Crippen LogP contribution < -0.4 is 74.9 Å². The Morgan fingerprint density at radius 2 is 1.12 bits per heavy atom. The lowest BCUT2D eigenvalue weighted by molar-refractivity contribution is -0.140. The molecule has 4 aromatic carbocycles. The van der Waals surface area contributed by atoms with E-state index in [1.165, 1.54) is 12.1 Å². The summed E-state index contributed by atoms with van der Waals surface area (Å²) in [6.45, 7) is 2.79. The van der Waals surface area contributed by atoms with Gasteiger partial charge >= 0.3 is 23.9 Å². The molecule has 1 heterocycles.